The van der Waals surface area contributed by atoms with Gasteiger partial charge in [0.15, 0.2) is 0 Å². The fourth-order valence-corrected chi connectivity index (χ4v) is 2.28. The number of aromatic hydroxyl groups is 1. The van der Waals surface area contributed by atoms with Crippen LogP contribution in [0.3, 0.4) is 0 Å². The van der Waals surface area contributed by atoms with E-state index in [0.29, 0.717) is 18.1 Å². The van der Waals surface area contributed by atoms with Gasteiger partial charge >= 0.3 is 0 Å². The number of aliphatic hydroxyl groups is 1. The number of phenolic OH excluding ortho intramolecular Hbond substituents is 1. The lowest BCUT2D eigenvalue weighted by Crippen LogP contribution is -2.21. The molecule has 0 aliphatic heterocycles. The monoisotopic (exact) mass is 292 g/mol. The second-order valence-electron chi connectivity index (χ2n) is 4.66. The van der Waals surface area contributed by atoms with E-state index in [9.17, 15) is 10.2 Å². The molecule has 1 unspecified atom stereocenters. The summed E-state index contributed by atoms with van der Waals surface area (Å²) in [5, 5.41) is 23.6. The summed E-state index contributed by atoms with van der Waals surface area (Å²) in [6, 6.07) is 6.97. The number of phenols is 1. The van der Waals surface area contributed by atoms with E-state index in [1.165, 1.54) is 0 Å². The Hall–Kier alpha value is -1.62. The molecule has 1 heterocycles. The number of benzene rings is 1. The molecule has 0 amide bonds. The predicted octanol–water partition coefficient (Wildman–Crippen LogP) is 2.57. The van der Waals surface area contributed by atoms with Crippen molar-refractivity contribution in [2.75, 3.05) is 6.54 Å². The lowest BCUT2D eigenvalue weighted by molar-refractivity contribution is 0.174. The van der Waals surface area contributed by atoms with Crippen molar-refractivity contribution in [2.24, 2.45) is 0 Å². The van der Waals surface area contributed by atoms with Gasteiger partial charge in [-0.1, -0.05) is 11.6 Å². The Kier molecular flexibility index (Phi) is 4.95. The molecule has 1 aromatic heterocycles. The quantitative estimate of drug-likeness (QED) is 0.792. The Labute approximate surface area is 123 Å². The molecule has 20 heavy (non-hydrogen) atoms. The minimum Gasteiger partial charge on any atom is -0.507 e. The van der Waals surface area contributed by atoms with Crippen LogP contribution < -0.4 is 5.32 Å². The van der Waals surface area contributed by atoms with Gasteiger partial charge in [-0.15, -0.1) is 0 Å². The molecule has 3 N–H and O–H groups in total. The van der Waals surface area contributed by atoms with Gasteiger partial charge < -0.3 is 15.5 Å². The Morgan fingerprint density at radius 1 is 1.30 bits per heavy atom. The molecular formula is C15H17ClN2O2. The predicted molar refractivity (Wildman–Crippen MR) is 78.8 cm³/mol. The number of hydrogen-bond donors (Lipinski definition) is 3. The summed E-state index contributed by atoms with van der Waals surface area (Å²) in [6.45, 7) is 2.63. The van der Waals surface area contributed by atoms with E-state index >= 15 is 0 Å². The SMILES string of the molecule is Cc1cc(Cl)cc(CNCC(O)c2ccncc2)c1O. The third-order valence-corrected chi connectivity index (χ3v) is 3.31. The molecule has 0 aliphatic rings. The molecule has 0 spiro atoms. The summed E-state index contributed by atoms with van der Waals surface area (Å²) in [5.41, 5.74) is 2.26. The van der Waals surface area contributed by atoms with E-state index in [1.54, 1.807) is 43.6 Å². The van der Waals surface area contributed by atoms with Gasteiger partial charge in [0.1, 0.15) is 5.75 Å². The lowest BCUT2D eigenvalue weighted by atomic mass is 10.1. The van der Waals surface area contributed by atoms with Crippen molar-refractivity contribution in [3.8, 4) is 5.75 Å². The summed E-state index contributed by atoms with van der Waals surface area (Å²) in [4.78, 5) is 3.91. The molecule has 106 valence electrons. The average molecular weight is 293 g/mol. The number of aromatic nitrogens is 1. The maximum atomic E-state index is 10.00. The van der Waals surface area contributed by atoms with E-state index < -0.39 is 6.10 Å². The van der Waals surface area contributed by atoms with Gasteiger partial charge in [0.25, 0.3) is 0 Å². The van der Waals surface area contributed by atoms with Crippen LogP contribution in [0.2, 0.25) is 5.02 Å². The molecule has 0 bridgehead atoms. The van der Waals surface area contributed by atoms with Crippen LogP contribution in [0, 0.1) is 6.92 Å². The van der Waals surface area contributed by atoms with E-state index in [0.717, 1.165) is 16.7 Å². The molecule has 0 saturated carbocycles. The van der Waals surface area contributed by atoms with Crippen LogP contribution in [0.5, 0.6) is 5.75 Å². The minimum absolute atomic E-state index is 0.236. The molecule has 0 aliphatic carbocycles. The van der Waals surface area contributed by atoms with Gasteiger partial charge in [0, 0.05) is 36.1 Å². The van der Waals surface area contributed by atoms with Crippen molar-refractivity contribution in [3.63, 3.8) is 0 Å². The van der Waals surface area contributed by atoms with Gasteiger partial charge in [0.05, 0.1) is 6.10 Å². The zero-order chi connectivity index (χ0) is 14.5. The van der Waals surface area contributed by atoms with Crippen molar-refractivity contribution in [3.05, 3.63) is 58.4 Å². The molecular weight excluding hydrogens is 276 g/mol. The van der Waals surface area contributed by atoms with Gasteiger partial charge in [-0.25, -0.2) is 0 Å². The first-order chi connectivity index (χ1) is 9.58. The second-order valence-corrected chi connectivity index (χ2v) is 5.09. The number of pyridine rings is 1. The van der Waals surface area contributed by atoms with Gasteiger partial charge in [-0.3, -0.25) is 4.98 Å². The highest BCUT2D eigenvalue weighted by Gasteiger charge is 2.09. The zero-order valence-electron chi connectivity index (χ0n) is 11.2. The number of nitrogens with zero attached hydrogens (tertiary/aromatic N) is 1. The second kappa shape index (κ2) is 6.70. The molecule has 2 aromatic rings. The molecule has 1 aromatic carbocycles. The number of halogens is 1. The molecule has 1 atom stereocenters. The van der Waals surface area contributed by atoms with Gasteiger partial charge in [-0.05, 0) is 42.3 Å². The Bertz CT molecular complexity index is 576. The smallest absolute Gasteiger partial charge is 0.123 e. The first kappa shape index (κ1) is 14.8. The minimum atomic E-state index is -0.611. The third-order valence-electron chi connectivity index (χ3n) is 3.09. The standard InChI is InChI=1S/C15H17ClN2O2/c1-10-6-13(16)7-12(15(10)20)8-18-9-14(19)11-2-4-17-5-3-11/h2-7,14,18-20H,8-9H2,1H3. The number of hydrogen-bond acceptors (Lipinski definition) is 4. The fraction of sp³-hybridized carbons (Fsp3) is 0.267. The maximum absolute atomic E-state index is 10.00. The van der Waals surface area contributed by atoms with Crippen LogP contribution in [0.15, 0.2) is 36.7 Å². The topological polar surface area (TPSA) is 65.4 Å². The van der Waals surface area contributed by atoms with Gasteiger partial charge in [-0.2, -0.15) is 0 Å². The van der Waals surface area contributed by atoms with Crippen LogP contribution in [-0.4, -0.2) is 21.7 Å². The summed E-state index contributed by atoms with van der Waals surface area (Å²) in [6.07, 6.45) is 2.68. The highest BCUT2D eigenvalue weighted by molar-refractivity contribution is 6.30. The normalized spacial score (nSPS) is 12.3. The fourth-order valence-electron chi connectivity index (χ4n) is 1.99. The van der Waals surface area contributed by atoms with Crippen molar-refractivity contribution in [2.45, 2.75) is 19.6 Å². The van der Waals surface area contributed by atoms with E-state index in [2.05, 4.69) is 10.3 Å². The van der Waals surface area contributed by atoms with Crippen LogP contribution in [-0.2, 0) is 6.54 Å². The number of nitrogens with one attached hydrogen (secondary N) is 1. The summed E-state index contributed by atoms with van der Waals surface area (Å²) in [5.74, 6) is 0.236. The van der Waals surface area contributed by atoms with Crippen LogP contribution >= 0.6 is 11.6 Å². The highest BCUT2D eigenvalue weighted by atomic mass is 35.5. The van der Waals surface area contributed by atoms with Crippen molar-refractivity contribution >= 4 is 11.6 Å². The third kappa shape index (κ3) is 3.70. The maximum Gasteiger partial charge on any atom is 0.123 e. The van der Waals surface area contributed by atoms with E-state index in [-0.39, 0.29) is 5.75 Å². The molecule has 5 heteroatoms. The molecule has 2 rings (SSSR count). The van der Waals surface area contributed by atoms with Crippen molar-refractivity contribution in [1.29, 1.82) is 0 Å². The number of aryl methyl sites for hydroxylation is 1. The van der Waals surface area contributed by atoms with Crippen molar-refractivity contribution < 1.29 is 10.2 Å². The molecule has 0 saturated heterocycles. The molecule has 4 nitrogen and oxygen atoms in total. The van der Waals surface area contributed by atoms with Crippen LogP contribution in [0.25, 0.3) is 0 Å². The van der Waals surface area contributed by atoms with E-state index in [4.69, 9.17) is 11.6 Å². The van der Waals surface area contributed by atoms with Gasteiger partial charge in [0.2, 0.25) is 0 Å². The summed E-state index contributed by atoms with van der Waals surface area (Å²) in [7, 11) is 0. The number of rotatable bonds is 5. The first-order valence-corrected chi connectivity index (χ1v) is 6.72. The van der Waals surface area contributed by atoms with E-state index in [1.807, 2.05) is 0 Å². The first-order valence-electron chi connectivity index (χ1n) is 6.34. The van der Waals surface area contributed by atoms with Crippen molar-refractivity contribution in [1.82, 2.24) is 10.3 Å². The largest absolute Gasteiger partial charge is 0.507 e. The number of aliphatic hydroxyl groups excluding tert-OH is 1. The zero-order valence-corrected chi connectivity index (χ0v) is 11.9. The lowest BCUT2D eigenvalue weighted by Gasteiger charge is -2.13. The Balaban J connectivity index is 1.93. The molecule has 0 radical (unpaired) electrons. The Morgan fingerprint density at radius 3 is 2.70 bits per heavy atom. The average Bonchev–Trinajstić information content (AvgIpc) is 2.44. The Morgan fingerprint density at radius 2 is 2.00 bits per heavy atom. The summed E-state index contributed by atoms with van der Waals surface area (Å²) >= 11 is 5.96. The van der Waals surface area contributed by atoms with Crippen LogP contribution in [0.4, 0.5) is 0 Å². The summed E-state index contributed by atoms with van der Waals surface area (Å²) < 4.78 is 0. The highest BCUT2D eigenvalue weighted by Crippen LogP contribution is 2.26. The van der Waals surface area contributed by atoms with Crippen LogP contribution in [0.1, 0.15) is 22.8 Å². The molecule has 0 fully saturated rings.